The number of anilines is 2. The molecule has 0 saturated heterocycles. The Bertz CT molecular complexity index is 432. The van der Waals surface area contributed by atoms with Crippen molar-refractivity contribution >= 4 is 28.9 Å². The van der Waals surface area contributed by atoms with Gasteiger partial charge in [-0.25, -0.2) is 0 Å². The molecule has 0 saturated carbocycles. The van der Waals surface area contributed by atoms with Crippen LogP contribution in [0.15, 0.2) is 12.1 Å². The van der Waals surface area contributed by atoms with Crippen molar-refractivity contribution in [2.75, 3.05) is 11.1 Å². The van der Waals surface area contributed by atoms with Crippen LogP contribution in [0, 0.1) is 12.8 Å². The third-order valence-corrected chi connectivity index (χ3v) is 2.96. The van der Waals surface area contributed by atoms with Gasteiger partial charge in [0.1, 0.15) is 6.04 Å². The first kappa shape index (κ1) is 13.6. The van der Waals surface area contributed by atoms with Crippen LogP contribution in [-0.2, 0) is 4.79 Å². The molecule has 1 aromatic carbocycles. The van der Waals surface area contributed by atoms with Crippen molar-refractivity contribution in [2.45, 2.75) is 26.8 Å². The van der Waals surface area contributed by atoms with Gasteiger partial charge in [0.15, 0.2) is 0 Å². The smallest absolute Gasteiger partial charge is 0.240 e. The van der Waals surface area contributed by atoms with Crippen molar-refractivity contribution < 1.29 is 4.79 Å². The summed E-state index contributed by atoms with van der Waals surface area (Å²) < 4.78 is 0. The molecular formula is C12H18ClN3O. The second kappa shape index (κ2) is 5.27. The zero-order valence-corrected chi connectivity index (χ0v) is 11.0. The summed E-state index contributed by atoms with van der Waals surface area (Å²) >= 11 is 5.95. The van der Waals surface area contributed by atoms with E-state index in [1.807, 2.05) is 20.8 Å². The Morgan fingerprint density at radius 1 is 1.41 bits per heavy atom. The van der Waals surface area contributed by atoms with E-state index in [9.17, 15) is 4.79 Å². The molecule has 0 bridgehead atoms. The molecule has 94 valence electrons. The molecule has 17 heavy (non-hydrogen) atoms. The quantitative estimate of drug-likeness (QED) is 0.721. The van der Waals surface area contributed by atoms with E-state index in [1.165, 1.54) is 0 Å². The van der Waals surface area contributed by atoms with E-state index < -0.39 is 6.04 Å². The fourth-order valence-electron chi connectivity index (χ4n) is 1.59. The number of benzene rings is 1. The number of carbonyl (C=O) groups excluding carboxylic acids is 1. The van der Waals surface area contributed by atoms with E-state index in [0.717, 1.165) is 11.3 Å². The Labute approximate surface area is 106 Å². The molecule has 0 fully saturated rings. The first-order chi connectivity index (χ1) is 7.82. The number of nitrogens with one attached hydrogen (secondary N) is 1. The highest BCUT2D eigenvalue weighted by Crippen LogP contribution is 2.27. The highest BCUT2D eigenvalue weighted by molar-refractivity contribution is 6.33. The minimum absolute atomic E-state index is 0.100. The second-order valence-corrected chi connectivity index (χ2v) is 4.86. The lowest BCUT2D eigenvalue weighted by Crippen LogP contribution is -2.39. The summed E-state index contributed by atoms with van der Waals surface area (Å²) in [6, 6.07) is 3.06. The van der Waals surface area contributed by atoms with Gasteiger partial charge in [-0.2, -0.15) is 0 Å². The summed E-state index contributed by atoms with van der Waals surface area (Å²) in [6.45, 7) is 5.75. The second-order valence-electron chi connectivity index (χ2n) is 4.46. The molecule has 0 aliphatic heterocycles. The van der Waals surface area contributed by atoms with Crippen LogP contribution in [0.3, 0.4) is 0 Å². The summed E-state index contributed by atoms with van der Waals surface area (Å²) in [5.74, 6) is -0.282. The number of hydrogen-bond donors (Lipinski definition) is 3. The molecule has 5 heteroatoms. The topological polar surface area (TPSA) is 81.1 Å². The van der Waals surface area contributed by atoms with Crippen LogP contribution in [-0.4, -0.2) is 11.9 Å². The standard InChI is InChI=1S/C12H18ClN3O/c1-6(2)11(12(15)17)16-10-5-8(13)9(14)4-7(10)3/h4-6,11,16H,14H2,1-3H3,(H2,15,17). The van der Waals surface area contributed by atoms with Crippen LogP contribution in [0.5, 0.6) is 0 Å². The fourth-order valence-corrected chi connectivity index (χ4v) is 1.76. The molecule has 1 atom stereocenters. The van der Waals surface area contributed by atoms with Crippen molar-refractivity contribution in [3.05, 3.63) is 22.7 Å². The third kappa shape index (κ3) is 3.27. The number of carbonyl (C=O) groups is 1. The van der Waals surface area contributed by atoms with Crippen molar-refractivity contribution in [1.29, 1.82) is 0 Å². The average molecular weight is 256 g/mol. The highest BCUT2D eigenvalue weighted by Gasteiger charge is 2.20. The van der Waals surface area contributed by atoms with Gasteiger partial charge in [-0.3, -0.25) is 4.79 Å². The molecule has 0 heterocycles. The van der Waals surface area contributed by atoms with E-state index in [-0.39, 0.29) is 11.8 Å². The normalized spacial score (nSPS) is 12.5. The fraction of sp³-hybridized carbons (Fsp3) is 0.417. The Hall–Kier alpha value is -1.42. The van der Waals surface area contributed by atoms with E-state index >= 15 is 0 Å². The van der Waals surface area contributed by atoms with Gasteiger partial charge in [-0.1, -0.05) is 25.4 Å². The van der Waals surface area contributed by atoms with Crippen LogP contribution in [0.1, 0.15) is 19.4 Å². The van der Waals surface area contributed by atoms with E-state index in [2.05, 4.69) is 5.32 Å². The SMILES string of the molecule is Cc1cc(N)c(Cl)cc1NC(C(N)=O)C(C)C. The summed E-state index contributed by atoms with van der Waals surface area (Å²) in [4.78, 5) is 11.3. The lowest BCUT2D eigenvalue weighted by atomic mass is 10.0. The molecule has 4 nitrogen and oxygen atoms in total. The van der Waals surface area contributed by atoms with Gasteiger partial charge in [0.05, 0.1) is 10.7 Å². The molecule has 1 rings (SSSR count). The number of aryl methyl sites for hydroxylation is 1. The van der Waals surface area contributed by atoms with Gasteiger partial charge in [-0.15, -0.1) is 0 Å². The number of amides is 1. The number of hydrogen-bond acceptors (Lipinski definition) is 3. The van der Waals surface area contributed by atoms with Gasteiger partial charge < -0.3 is 16.8 Å². The Kier molecular flexibility index (Phi) is 4.23. The predicted octanol–water partition coefficient (Wildman–Crippen LogP) is 2.15. The molecule has 0 radical (unpaired) electrons. The van der Waals surface area contributed by atoms with Gasteiger partial charge >= 0.3 is 0 Å². The van der Waals surface area contributed by atoms with Gasteiger partial charge in [0.25, 0.3) is 0 Å². The predicted molar refractivity (Wildman–Crippen MR) is 72.0 cm³/mol. The van der Waals surface area contributed by atoms with Crippen molar-refractivity contribution in [3.8, 4) is 0 Å². The monoisotopic (exact) mass is 255 g/mol. The highest BCUT2D eigenvalue weighted by atomic mass is 35.5. The number of nitrogen functional groups attached to an aromatic ring is 1. The summed E-state index contributed by atoms with van der Waals surface area (Å²) in [6.07, 6.45) is 0. The van der Waals surface area contributed by atoms with Crippen LogP contribution in [0.25, 0.3) is 0 Å². The molecule has 0 aliphatic rings. The lowest BCUT2D eigenvalue weighted by Gasteiger charge is -2.21. The molecule has 0 spiro atoms. The number of rotatable bonds is 4. The minimum Gasteiger partial charge on any atom is -0.398 e. The zero-order chi connectivity index (χ0) is 13.2. The summed E-state index contributed by atoms with van der Waals surface area (Å²) in [7, 11) is 0. The summed E-state index contributed by atoms with van der Waals surface area (Å²) in [5.41, 5.74) is 13.3. The Balaban J connectivity index is 3.01. The molecule has 1 aromatic rings. The van der Waals surface area contributed by atoms with Crippen LogP contribution in [0.4, 0.5) is 11.4 Å². The Morgan fingerprint density at radius 2 is 2.00 bits per heavy atom. The number of primary amides is 1. The first-order valence-corrected chi connectivity index (χ1v) is 5.82. The van der Waals surface area contributed by atoms with Crippen LogP contribution < -0.4 is 16.8 Å². The van der Waals surface area contributed by atoms with E-state index in [0.29, 0.717) is 10.7 Å². The molecule has 0 aromatic heterocycles. The van der Waals surface area contributed by atoms with Crippen molar-refractivity contribution in [1.82, 2.24) is 0 Å². The molecular weight excluding hydrogens is 238 g/mol. The van der Waals surface area contributed by atoms with Crippen LogP contribution >= 0.6 is 11.6 Å². The minimum atomic E-state index is -0.423. The van der Waals surface area contributed by atoms with E-state index in [1.54, 1.807) is 12.1 Å². The maximum absolute atomic E-state index is 11.3. The van der Waals surface area contributed by atoms with Gasteiger partial charge in [0.2, 0.25) is 5.91 Å². The summed E-state index contributed by atoms with van der Waals surface area (Å²) in [5, 5.41) is 3.56. The molecule has 1 amide bonds. The van der Waals surface area contributed by atoms with Gasteiger partial charge in [-0.05, 0) is 30.5 Å². The molecule has 1 unspecified atom stereocenters. The Morgan fingerprint density at radius 3 is 2.47 bits per heavy atom. The molecule has 5 N–H and O–H groups in total. The first-order valence-electron chi connectivity index (χ1n) is 5.44. The average Bonchev–Trinajstić information content (AvgIpc) is 2.20. The zero-order valence-electron chi connectivity index (χ0n) is 10.3. The molecule has 0 aliphatic carbocycles. The number of nitrogens with two attached hydrogens (primary N) is 2. The number of halogens is 1. The largest absolute Gasteiger partial charge is 0.398 e. The van der Waals surface area contributed by atoms with Gasteiger partial charge in [0, 0.05) is 5.69 Å². The maximum Gasteiger partial charge on any atom is 0.240 e. The maximum atomic E-state index is 11.3. The van der Waals surface area contributed by atoms with Crippen molar-refractivity contribution in [3.63, 3.8) is 0 Å². The third-order valence-electron chi connectivity index (χ3n) is 2.63. The van der Waals surface area contributed by atoms with E-state index in [4.69, 9.17) is 23.1 Å². The van der Waals surface area contributed by atoms with Crippen molar-refractivity contribution in [2.24, 2.45) is 11.7 Å². The van der Waals surface area contributed by atoms with Crippen LogP contribution in [0.2, 0.25) is 5.02 Å². The lowest BCUT2D eigenvalue weighted by molar-refractivity contribution is -0.119.